The van der Waals surface area contributed by atoms with Crippen molar-refractivity contribution in [2.45, 2.75) is 51.5 Å². The molecule has 0 aromatic heterocycles. The molecule has 0 N–H and O–H groups in total. The molecule has 3 aromatic rings. The van der Waals surface area contributed by atoms with Crippen LogP contribution in [0.1, 0.15) is 71.5 Å². The molecule has 0 saturated carbocycles. The van der Waals surface area contributed by atoms with Crippen LogP contribution in [0.15, 0.2) is 72.8 Å². The zero-order valence-corrected chi connectivity index (χ0v) is 20.7. The van der Waals surface area contributed by atoms with E-state index < -0.39 is 17.4 Å². The Morgan fingerprint density at radius 2 is 1.40 bits per heavy atom. The Morgan fingerprint density at radius 1 is 0.829 bits per heavy atom. The van der Waals surface area contributed by atoms with E-state index in [1.165, 1.54) is 11.1 Å². The van der Waals surface area contributed by atoms with Crippen LogP contribution in [0.2, 0.25) is 0 Å². The second kappa shape index (κ2) is 8.19. The quantitative estimate of drug-likeness (QED) is 0.486. The van der Waals surface area contributed by atoms with Crippen molar-refractivity contribution in [3.63, 3.8) is 0 Å². The fraction of sp³-hybridized carbons (Fsp3) is 0.300. The lowest BCUT2D eigenvalue weighted by Crippen LogP contribution is -2.58. The van der Waals surface area contributed by atoms with E-state index in [0.29, 0.717) is 17.5 Å². The Kier molecular flexibility index (Phi) is 5.39. The van der Waals surface area contributed by atoms with E-state index in [2.05, 4.69) is 58.0 Å². The van der Waals surface area contributed by atoms with Crippen LogP contribution < -0.4 is 4.90 Å². The number of nitrogens with zero attached hydrogens (tertiary/aromatic N) is 2. The van der Waals surface area contributed by atoms with Crippen molar-refractivity contribution in [3.8, 4) is 0 Å². The number of aryl methyl sites for hydroxylation is 1. The zero-order valence-electron chi connectivity index (χ0n) is 20.7. The maximum Gasteiger partial charge on any atom is 0.262 e. The van der Waals surface area contributed by atoms with Crippen molar-refractivity contribution in [3.05, 3.63) is 101 Å². The average Bonchev–Trinajstić information content (AvgIpc) is 3.08. The monoisotopic (exact) mass is 466 g/mol. The third-order valence-corrected chi connectivity index (χ3v) is 7.55. The number of anilines is 1. The van der Waals surface area contributed by atoms with Gasteiger partial charge < -0.3 is 4.90 Å². The van der Waals surface area contributed by atoms with Crippen LogP contribution in [0.5, 0.6) is 0 Å². The molecule has 2 aliphatic rings. The number of rotatable bonds is 4. The molecular weight excluding hydrogens is 436 g/mol. The van der Waals surface area contributed by atoms with Gasteiger partial charge in [0.05, 0.1) is 11.1 Å². The van der Waals surface area contributed by atoms with Crippen molar-refractivity contribution in [1.29, 1.82) is 0 Å². The maximum absolute atomic E-state index is 13.8. The molecule has 0 unspecified atom stereocenters. The summed E-state index contributed by atoms with van der Waals surface area (Å²) < 4.78 is 0. The summed E-state index contributed by atoms with van der Waals surface area (Å²) in [5.41, 5.74) is 4.27. The summed E-state index contributed by atoms with van der Waals surface area (Å²) in [5.74, 6) is -1.09. The molecule has 3 amide bonds. The molecule has 1 atom stereocenters. The first-order valence-electron chi connectivity index (χ1n) is 12.1. The van der Waals surface area contributed by atoms with Gasteiger partial charge in [0.2, 0.25) is 5.91 Å². The minimum atomic E-state index is -0.539. The first kappa shape index (κ1) is 23.0. The van der Waals surface area contributed by atoms with Gasteiger partial charge >= 0.3 is 0 Å². The highest BCUT2D eigenvalue weighted by atomic mass is 16.2. The molecule has 3 aromatic carbocycles. The summed E-state index contributed by atoms with van der Waals surface area (Å²) in [6.07, 6.45) is 1.69. The van der Waals surface area contributed by atoms with Crippen molar-refractivity contribution in [1.82, 2.24) is 4.90 Å². The number of hydrogen-bond acceptors (Lipinski definition) is 3. The lowest BCUT2D eigenvalue weighted by molar-refractivity contribution is -0.120. The highest BCUT2D eigenvalue weighted by Gasteiger charge is 2.48. The molecule has 0 fully saturated rings. The molecule has 5 rings (SSSR count). The number of amides is 3. The van der Waals surface area contributed by atoms with E-state index in [4.69, 9.17) is 0 Å². The molecule has 2 heterocycles. The summed E-state index contributed by atoms with van der Waals surface area (Å²) in [5, 5.41) is 0. The lowest BCUT2D eigenvalue weighted by atomic mass is 9.65. The molecule has 0 spiro atoms. The minimum absolute atomic E-state index is 0.264. The largest absolute Gasteiger partial charge is 0.305 e. The smallest absolute Gasteiger partial charge is 0.262 e. The van der Waals surface area contributed by atoms with Crippen LogP contribution in [0.25, 0.3) is 0 Å². The Bertz CT molecular complexity index is 1310. The van der Waals surface area contributed by atoms with E-state index in [0.717, 1.165) is 22.6 Å². The molecule has 0 saturated heterocycles. The fourth-order valence-electron chi connectivity index (χ4n) is 5.93. The van der Waals surface area contributed by atoms with Gasteiger partial charge in [-0.25, -0.2) is 0 Å². The predicted octanol–water partition coefficient (Wildman–Crippen LogP) is 5.37. The van der Waals surface area contributed by atoms with Crippen molar-refractivity contribution in [2.24, 2.45) is 0 Å². The van der Waals surface area contributed by atoms with Gasteiger partial charge in [-0.3, -0.25) is 19.3 Å². The molecule has 0 aliphatic carbocycles. The number of fused-ring (bicyclic) bond motifs is 2. The second-order valence-corrected chi connectivity index (χ2v) is 10.4. The zero-order chi connectivity index (χ0) is 25.0. The van der Waals surface area contributed by atoms with Crippen LogP contribution in [0.3, 0.4) is 0 Å². The van der Waals surface area contributed by atoms with Crippen LogP contribution in [-0.4, -0.2) is 34.7 Å². The third-order valence-electron chi connectivity index (χ3n) is 7.55. The first-order valence-corrected chi connectivity index (χ1v) is 12.1. The van der Waals surface area contributed by atoms with Gasteiger partial charge in [-0.05, 0) is 61.6 Å². The standard InChI is InChI=1S/C30H30N2O3/c1-5-20-14-16-21(17-15-20)30(4)19-29(2,3)32(25-13-9-8-12-24(25)30)26(33)18-31-27(34)22-10-6-7-11-23(22)28(31)35/h6-17H,5,18-19H2,1-4H3/t30-/m1/s1. The van der Waals surface area contributed by atoms with E-state index in [1.807, 2.05) is 18.2 Å². The van der Waals surface area contributed by atoms with Gasteiger partial charge in [0.25, 0.3) is 11.8 Å². The molecule has 178 valence electrons. The van der Waals surface area contributed by atoms with Gasteiger partial charge in [0, 0.05) is 16.6 Å². The van der Waals surface area contributed by atoms with Crippen molar-refractivity contribution < 1.29 is 14.4 Å². The number of hydrogen-bond donors (Lipinski definition) is 0. The molecule has 5 heteroatoms. The Balaban J connectivity index is 1.52. The van der Waals surface area contributed by atoms with Crippen LogP contribution in [0.4, 0.5) is 5.69 Å². The number of carbonyl (C=O) groups is 3. The molecule has 0 bridgehead atoms. The molecule has 2 aliphatic heterocycles. The maximum atomic E-state index is 13.8. The van der Waals surface area contributed by atoms with Gasteiger partial charge in [-0.15, -0.1) is 0 Å². The van der Waals surface area contributed by atoms with E-state index in [1.54, 1.807) is 29.2 Å². The number of para-hydroxylation sites is 1. The predicted molar refractivity (Wildman–Crippen MR) is 137 cm³/mol. The molecule has 5 nitrogen and oxygen atoms in total. The Morgan fingerprint density at radius 3 is 2.00 bits per heavy atom. The average molecular weight is 467 g/mol. The van der Waals surface area contributed by atoms with Gasteiger partial charge in [0.15, 0.2) is 0 Å². The third kappa shape index (κ3) is 3.57. The van der Waals surface area contributed by atoms with Gasteiger partial charge in [0.1, 0.15) is 6.54 Å². The van der Waals surface area contributed by atoms with Crippen LogP contribution >= 0.6 is 0 Å². The summed E-state index contributed by atoms with van der Waals surface area (Å²) in [6, 6.07) is 23.5. The Labute approximate surface area is 206 Å². The Hall–Kier alpha value is -3.73. The topological polar surface area (TPSA) is 57.7 Å². The lowest BCUT2D eigenvalue weighted by Gasteiger charge is -2.51. The minimum Gasteiger partial charge on any atom is -0.305 e. The van der Waals surface area contributed by atoms with Crippen LogP contribution in [-0.2, 0) is 16.6 Å². The fourth-order valence-corrected chi connectivity index (χ4v) is 5.93. The molecular formula is C30H30N2O3. The summed E-state index contributed by atoms with van der Waals surface area (Å²) >= 11 is 0. The number of imide groups is 1. The van der Waals surface area contributed by atoms with E-state index in [9.17, 15) is 14.4 Å². The summed E-state index contributed by atoms with van der Waals surface area (Å²) in [6.45, 7) is 8.21. The summed E-state index contributed by atoms with van der Waals surface area (Å²) in [4.78, 5) is 42.5. The van der Waals surface area contributed by atoms with Crippen molar-refractivity contribution in [2.75, 3.05) is 11.4 Å². The normalized spacial score (nSPS) is 20.6. The van der Waals surface area contributed by atoms with Crippen LogP contribution in [0, 0.1) is 0 Å². The van der Waals surface area contributed by atoms with Gasteiger partial charge in [-0.2, -0.15) is 0 Å². The van der Waals surface area contributed by atoms with Crippen molar-refractivity contribution >= 4 is 23.4 Å². The van der Waals surface area contributed by atoms with E-state index in [-0.39, 0.29) is 17.9 Å². The molecule has 35 heavy (non-hydrogen) atoms. The highest BCUT2D eigenvalue weighted by Crippen LogP contribution is 2.50. The first-order chi connectivity index (χ1) is 16.7. The molecule has 0 radical (unpaired) electrons. The summed E-state index contributed by atoms with van der Waals surface area (Å²) in [7, 11) is 0. The highest BCUT2D eigenvalue weighted by molar-refractivity contribution is 6.22. The number of carbonyl (C=O) groups excluding carboxylic acids is 3. The van der Waals surface area contributed by atoms with E-state index >= 15 is 0 Å². The SMILES string of the molecule is CCc1ccc([C@@]2(C)CC(C)(C)N(C(=O)CN3C(=O)c4ccccc4C3=O)c3ccccc32)cc1. The van der Waals surface area contributed by atoms with Gasteiger partial charge in [-0.1, -0.05) is 68.4 Å². The number of benzene rings is 3. The second-order valence-electron chi connectivity index (χ2n) is 10.4.